The van der Waals surface area contributed by atoms with E-state index in [0.717, 1.165) is 13.1 Å². The molecule has 1 aliphatic rings. The standard InChI is InChI=1S/C12H19N3/c1-10-11(8-13)4-3-7-15(10)12-5-2-6-14-9-12/h2,5-6,9-11H,3-4,7-8,13H2,1H3/t10-,11-/m1/s1. The number of hydrogen-bond acceptors (Lipinski definition) is 3. The van der Waals surface area contributed by atoms with Crippen LogP contribution in [0.25, 0.3) is 0 Å². The number of nitrogens with zero attached hydrogens (tertiary/aromatic N) is 2. The minimum atomic E-state index is 0.535. The highest BCUT2D eigenvalue weighted by Crippen LogP contribution is 2.27. The lowest BCUT2D eigenvalue weighted by Gasteiger charge is -2.40. The highest BCUT2D eigenvalue weighted by Gasteiger charge is 2.26. The van der Waals surface area contributed by atoms with Gasteiger partial charge in [0.1, 0.15) is 0 Å². The second-order valence-corrected chi connectivity index (χ2v) is 4.28. The van der Waals surface area contributed by atoms with Crippen LogP contribution in [0.2, 0.25) is 0 Å². The highest BCUT2D eigenvalue weighted by molar-refractivity contribution is 5.45. The Kier molecular flexibility index (Phi) is 3.21. The average molecular weight is 205 g/mol. The van der Waals surface area contributed by atoms with Crippen molar-refractivity contribution in [3.05, 3.63) is 24.5 Å². The maximum Gasteiger partial charge on any atom is 0.0555 e. The molecule has 0 radical (unpaired) electrons. The zero-order valence-electron chi connectivity index (χ0n) is 9.26. The van der Waals surface area contributed by atoms with E-state index in [4.69, 9.17) is 5.73 Å². The van der Waals surface area contributed by atoms with Crippen LogP contribution in [0, 0.1) is 5.92 Å². The van der Waals surface area contributed by atoms with Gasteiger partial charge >= 0.3 is 0 Å². The molecule has 0 amide bonds. The van der Waals surface area contributed by atoms with E-state index in [1.165, 1.54) is 18.5 Å². The van der Waals surface area contributed by atoms with Gasteiger partial charge in [0.05, 0.1) is 11.9 Å². The van der Waals surface area contributed by atoms with Crippen LogP contribution in [-0.2, 0) is 0 Å². The van der Waals surface area contributed by atoms with E-state index in [-0.39, 0.29) is 0 Å². The third-order valence-electron chi connectivity index (χ3n) is 3.43. The van der Waals surface area contributed by atoms with E-state index in [9.17, 15) is 0 Å². The minimum absolute atomic E-state index is 0.535. The van der Waals surface area contributed by atoms with Gasteiger partial charge in [0, 0.05) is 18.8 Å². The molecular weight excluding hydrogens is 186 g/mol. The van der Waals surface area contributed by atoms with Gasteiger partial charge in [-0.25, -0.2) is 0 Å². The fourth-order valence-electron chi connectivity index (χ4n) is 2.43. The molecule has 2 atom stereocenters. The van der Waals surface area contributed by atoms with Crippen LogP contribution in [0.4, 0.5) is 5.69 Å². The fourth-order valence-corrected chi connectivity index (χ4v) is 2.43. The monoisotopic (exact) mass is 205 g/mol. The Morgan fingerprint density at radius 1 is 1.60 bits per heavy atom. The molecule has 2 N–H and O–H groups in total. The average Bonchev–Trinajstić information content (AvgIpc) is 2.30. The quantitative estimate of drug-likeness (QED) is 0.798. The Bertz CT molecular complexity index is 299. The van der Waals surface area contributed by atoms with Crippen molar-refractivity contribution in [3.8, 4) is 0 Å². The second kappa shape index (κ2) is 4.62. The van der Waals surface area contributed by atoms with E-state index in [0.29, 0.717) is 12.0 Å². The van der Waals surface area contributed by atoms with Crippen LogP contribution in [0.1, 0.15) is 19.8 Å². The summed E-state index contributed by atoms with van der Waals surface area (Å²) in [5.41, 5.74) is 7.02. The molecule has 3 nitrogen and oxygen atoms in total. The smallest absolute Gasteiger partial charge is 0.0555 e. The summed E-state index contributed by atoms with van der Waals surface area (Å²) in [5, 5.41) is 0. The van der Waals surface area contributed by atoms with Gasteiger partial charge in [0.25, 0.3) is 0 Å². The first-order valence-corrected chi connectivity index (χ1v) is 5.69. The van der Waals surface area contributed by atoms with E-state index >= 15 is 0 Å². The second-order valence-electron chi connectivity index (χ2n) is 4.28. The van der Waals surface area contributed by atoms with Crippen molar-refractivity contribution >= 4 is 5.69 Å². The molecule has 3 heteroatoms. The maximum absolute atomic E-state index is 5.79. The highest BCUT2D eigenvalue weighted by atomic mass is 15.2. The topological polar surface area (TPSA) is 42.1 Å². The van der Waals surface area contributed by atoms with E-state index in [2.05, 4.69) is 22.9 Å². The predicted octanol–water partition coefficient (Wildman–Crippen LogP) is 1.65. The van der Waals surface area contributed by atoms with Crippen molar-refractivity contribution in [2.24, 2.45) is 11.7 Å². The van der Waals surface area contributed by atoms with E-state index < -0.39 is 0 Å². The normalized spacial score (nSPS) is 26.7. The summed E-state index contributed by atoms with van der Waals surface area (Å²) in [7, 11) is 0. The summed E-state index contributed by atoms with van der Waals surface area (Å²) in [6, 6.07) is 4.66. The third-order valence-corrected chi connectivity index (χ3v) is 3.43. The zero-order chi connectivity index (χ0) is 10.7. The molecule has 0 spiro atoms. The van der Waals surface area contributed by atoms with Crippen molar-refractivity contribution in [2.45, 2.75) is 25.8 Å². The third kappa shape index (κ3) is 2.12. The summed E-state index contributed by atoms with van der Waals surface area (Å²) >= 11 is 0. The van der Waals surface area contributed by atoms with Crippen molar-refractivity contribution in [1.29, 1.82) is 0 Å². The van der Waals surface area contributed by atoms with Crippen molar-refractivity contribution in [3.63, 3.8) is 0 Å². The molecule has 82 valence electrons. The van der Waals surface area contributed by atoms with Crippen LogP contribution in [0.3, 0.4) is 0 Å². The number of nitrogens with two attached hydrogens (primary N) is 1. The number of aromatic nitrogens is 1. The summed E-state index contributed by atoms with van der Waals surface area (Å²) in [6.45, 7) is 4.19. The first kappa shape index (κ1) is 10.4. The zero-order valence-corrected chi connectivity index (χ0v) is 9.26. The molecule has 1 fully saturated rings. The summed E-state index contributed by atoms with van der Waals surface area (Å²) in [5.74, 6) is 0.624. The van der Waals surface area contributed by atoms with Gasteiger partial charge in [-0.3, -0.25) is 4.98 Å². The number of hydrogen-bond donors (Lipinski definition) is 1. The molecule has 1 saturated heterocycles. The van der Waals surface area contributed by atoms with Crippen molar-refractivity contribution in [2.75, 3.05) is 18.0 Å². The Balaban J connectivity index is 2.15. The molecule has 0 aromatic carbocycles. The first-order valence-electron chi connectivity index (χ1n) is 5.69. The molecule has 0 unspecified atom stereocenters. The van der Waals surface area contributed by atoms with Crippen molar-refractivity contribution < 1.29 is 0 Å². The molecule has 2 heterocycles. The Morgan fingerprint density at radius 3 is 3.13 bits per heavy atom. The van der Waals surface area contributed by atoms with E-state index in [1.807, 2.05) is 18.5 Å². The summed E-state index contributed by atoms with van der Waals surface area (Å²) < 4.78 is 0. The van der Waals surface area contributed by atoms with Gasteiger partial charge < -0.3 is 10.6 Å². The first-order chi connectivity index (χ1) is 7.33. The van der Waals surface area contributed by atoms with Gasteiger partial charge in [-0.2, -0.15) is 0 Å². The molecule has 0 aliphatic carbocycles. The van der Waals surface area contributed by atoms with Crippen LogP contribution < -0.4 is 10.6 Å². The van der Waals surface area contributed by atoms with Crippen molar-refractivity contribution in [1.82, 2.24) is 4.98 Å². The molecular formula is C12H19N3. The van der Waals surface area contributed by atoms with Gasteiger partial charge in [-0.1, -0.05) is 0 Å². The molecule has 1 aromatic rings. The molecule has 0 saturated carbocycles. The molecule has 1 aliphatic heterocycles. The lowest BCUT2D eigenvalue weighted by Crippen LogP contribution is -2.46. The maximum atomic E-state index is 5.79. The Labute approximate surface area is 91.3 Å². The minimum Gasteiger partial charge on any atom is -0.367 e. The van der Waals surface area contributed by atoms with Gasteiger partial charge in [-0.15, -0.1) is 0 Å². The van der Waals surface area contributed by atoms with Crippen LogP contribution in [-0.4, -0.2) is 24.1 Å². The summed E-state index contributed by atoms with van der Waals surface area (Å²) in [6.07, 6.45) is 6.25. The van der Waals surface area contributed by atoms with E-state index in [1.54, 1.807) is 0 Å². The predicted molar refractivity (Wildman–Crippen MR) is 62.8 cm³/mol. The fraction of sp³-hybridized carbons (Fsp3) is 0.583. The number of piperidine rings is 1. The summed E-state index contributed by atoms with van der Waals surface area (Å²) in [4.78, 5) is 6.60. The van der Waals surface area contributed by atoms with Crippen LogP contribution in [0.5, 0.6) is 0 Å². The Morgan fingerprint density at radius 2 is 2.47 bits per heavy atom. The lowest BCUT2D eigenvalue weighted by molar-refractivity contribution is 0.345. The number of pyridine rings is 1. The Hall–Kier alpha value is -1.09. The van der Waals surface area contributed by atoms with Gasteiger partial charge in [0.15, 0.2) is 0 Å². The number of rotatable bonds is 2. The SMILES string of the molecule is C[C@@H]1[C@@H](CN)CCCN1c1cccnc1. The molecule has 0 bridgehead atoms. The van der Waals surface area contributed by atoms with Gasteiger partial charge in [-0.05, 0) is 44.4 Å². The number of anilines is 1. The largest absolute Gasteiger partial charge is 0.367 e. The van der Waals surface area contributed by atoms with Gasteiger partial charge in [0.2, 0.25) is 0 Å². The van der Waals surface area contributed by atoms with Crippen LogP contribution >= 0.6 is 0 Å². The molecule has 15 heavy (non-hydrogen) atoms. The van der Waals surface area contributed by atoms with Crippen LogP contribution in [0.15, 0.2) is 24.5 Å². The lowest BCUT2D eigenvalue weighted by atomic mass is 9.90. The molecule has 1 aromatic heterocycles. The molecule has 2 rings (SSSR count).